The van der Waals surface area contributed by atoms with Crippen molar-refractivity contribution in [3.63, 3.8) is 0 Å². The predicted molar refractivity (Wildman–Crippen MR) is 126 cm³/mol. The molecule has 188 valence electrons. The molecule has 8 nitrogen and oxygen atoms in total. The van der Waals surface area contributed by atoms with Crippen LogP contribution in [0.3, 0.4) is 0 Å². The number of alkyl halides is 1. The van der Waals surface area contributed by atoms with Crippen LogP contribution in [0.2, 0.25) is 0 Å². The molecule has 2 atom stereocenters. The van der Waals surface area contributed by atoms with Gasteiger partial charge in [0.2, 0.25) is 11.8 Å². The van der Waals surface area contributed by atoms with Crippen molar-refractivity contribution >= 4 is 17.9 Å². The Labute approximate surface area is 205 Å². The molecule has 0 N–H and O–H groups in total. The van der Waals surface area contributed by atoms with Gasteiger partial charge in [0.1, 0.15) is 25.4 Å². The summed E-state index contributed by atoms with van der Waals surface area (Å²) in [5.41, 5.74) is -0.191. The van der Waals surface area contributed by atoms with E-state index in [4.69, 9.17) is 4.74 Å². The predicted octanol–water partition coefficient (Wildman–Crippen LogP) is 3.27. The van der Waals surface area contributed by atoms with E-state index in [0.717, 1.165) is 5.56 Å². The van der Waals surface area contributed by atoms with E-state index in [1.165, 1.54) is 9.80 Å². The number of ether oxygens (including phenoxy) is 1. The summed E-state index contributed by atoms with van der Waals surface area (Å²) in [5.74, 6) is -0.336. The normalized spacial score (nSPS) is 29.4. The molecule has 35 heavy (non-hydrogen) atoms. The van der Waals surface area contributed by atoms with E-state index in [2.05, 4.69) is 0 Å². The smallest absolute Gasteiger partial charge is 0.411 e. The van der Waals surface area contributed by atoms with Crippen molar-refractivity contribution < 1.29 is 23.5 Å². The van der Waals surface area contributed by atoms with Gasteiger partial charge in [-0.1, -0.05) is 30.3 Å². The number of fused-ring (bicyclic) bond motifs is 3. The third-order valence-electron chi connectivity index (χ3n) is 8.08. The highest BCUT2D eigenvalue weighted by Crippen LogP contribution is 2.55. The number of rotatable bonds is 6. The van der Waals surface area contributed by atoms with Crippen molar-refractivity contribution in [3.05, 3.63) is 35.9 Å². The van der Waals surface area contributed by atoms with Gasteiger partial charge in [-0.05, 0) is 44.1 Å². The summed E-state index contributed by atoms with van der Waals surface area (Å²) in [5, 5.41) is 9.38. The van der Waals surface area contributed by atoms with Gasteiger partial charge >= 0.3 is 6.09 Å². The Bertz CT molecular complexity index is 984. The van der Waals surface area contributed by atoms with Gasteiger partial charge in [0, 0.05) is 31.5 Å². The lowest BCUT2D eigenvalue weighted by Crippen LogP contribution is -2.62. The lowest BCUT2D eigenvalue weighted by Gasteiger charge is -2.56. The van der Waals surface area contributed by atoms with Crippen molar-refractivity contribution in [2.75, 3.05) is 27.2 Å². The highest BCUT2D eigenvalue weighted by atomic mass is 19.1. The number of nitrogens with zero attached hydrogens (tertiary/aromatic N) is 4. The lowest BCUT2D eigenvalue weighted by molar-refractivity contribution is -0.152. The Kier molecular flexibility index (Phi) is 7.02. The molecule has 0 spiro atoms. The Morgan fingerprint density at radius 1 is 1.11 bits per heavy atom. The fraction of sp³-hybridized carbons (Fsp3) is 0.615. The average molecular weight is 485 g/mol. The molecule has 3 aliphatic carbocycles. The zero-order valence-electron chi connectivity index (χ0n) is 20.4. The van der Waals surface area contributed by atoms with Gasteiger partial charge < -0.3 is 14.5 Å². The minimum absolute atomic E-state index is 0.0129. The Balaban J connectivity index is 1.54. The maximum atomic E-state index is 14.0. The van der Waals surface area contributed by atoms with Crippen LogP contribution in [0.1, 0.15) is 50.5 Å². The zero-order chi connectivity index (χ0) is 25.2. The second-order valence-corrected chi connectivity index (χ2v) is 10.4. The molecule has 1 aromatic rings. The van der Waals surface area contributed by atoms with Crippen LogP contribution >= 0.6 is 0 Å². The van der Waals surface area contributed by atoms with Crippen LogP contribution in [0, 0.1) is 16.7 Å². The number of nitriles is 1. The monoisotopic (exact) mass is 484 g/mol. The molecule has 4 aliphatic rings. The van der Waals surface area contributed by atoms with Crippen molar-refractivity contribution in [3.8, 4) is 6.07 Å². The first kappa shape index (κ1) is 25.0. The quantitative estimate of drug-likeness (QED) is 0.618. The van der Waals surface area contributed by atoms with Gasteiger partial charge in [-0.3, -0.25) is 14.5 Å². The minimum Gasteiger partial charge on any atom is -0.445 e. The van der Waals surface area contributed by atoms with Gasteiger partial charge in [0.25, 0.3) is 0 Å². The average Bonchev–Trinajstić information content (AvgIpc) is 3.27. The molecule has 9 heteroatoms. The number of hydrogen-bond donors (Lipinski definition) is 0. The summed E-state index contributed by atoms with van der Waals surface area (Å²) in [4.78, 5) is 43.9. The van der Waals surface area contributed by atoms with Crippen molar-refractivity contribution in [2.24, 2.45) is 5.41 Å². The van der Waals surface area contributed by atoms with Crippen LogP contribution in [0.15, 0.2) is 30.3 Å². The van der Waals surface area contributed by atoms with E-state index in [-0.39, 0.29) is 32.0 Å². The molecule has 3 saturated carbocycles. The molecule has 1 aliphatic heterocycles. The van der Waals surface area contributed by atoms with Crippen LogP contribution in [-0.2, 0) is 20.9 Å². The summed E-state index contributed by atoms with van der Waals surface area (Å²) in [6, 6.07) is 10.5. The highest BCUT2D eigenvalue weighted by molar-refractivity contribution is 5.85. The molecule has 2 bridgehead atoms. The van der Waals surface area contributed by atoms with E-state index in [0.29, 0.717) is 38.5 Å². The van der Waals surface area contributed by atoms with E-state index >= 15 is 0 Å². The summed E-state index contributed by atoms with van der Waals surface area (Å²) in [7, 11) is 3.53. The standard InChI is InChI=1S/C26H33FN4O4/c1-29(2)23(33)25-8-11-26(12-9-25,13-10-25)31(24(34)35-18-19-6-4-3-5-7-19)17-22(32)30-16-20(27)14-21(30)15-28/h3-7,20-21H,8-14,16-18H2,1-2H3/t20-,21-,25?,26?/m0/s1. The summed E-state index contributed by atoms with van der Waals surface area (Å²) in [6.45, 7) is -0.342. The Morgan fingerprint density at radius 3 is 2.31 bits per heavy atom. The molecule has 3 amide bonds. The van der Waals surface area contributed by atoms with E-state index < -0.39 is 35.2 Å². The largest absolute Gasteiger partial charge is 0.445 e. The number of benzene rings is 1. The molecular weight excluding hydrogens is 451 g/mol. The molecule has 0 aromatic heterocycles. The maximum absolute atomic E-state index is 14.0. The second-order valence-electron chi connectivity index (χ2n) is 10.4. The van der Waals surface area contributed by atoms with Crippen LogP contribution in [0.4, 0.5) is 9.18 Å². The molecule has 5 rings (SSSR count). The number of halogens is 1. The number of hydrogen-bond acceptors (Lipinski definition) is 5. The molecular formula is C26H33FN4O4. The van der Waals surface area contributed by atoms with Crippen LogP contribution in [0.5, 0.6) is 0 Å². The van der Waals surface area contributed by atoms with Gasteiger partial charge in [-0.15, -0.1) is 0 Å². The van der Waals surface area contributed by atoms with Crippen LogP contribution in [-0.4, -0.2) is 77.5 Å². The molecule has 0 unspecified atom stereocenters. The van der Waals surface area contributed by atoms with Crippen molar-refractivity contribution in [2.45, 2.75) is 69.3 Å². The second kappa shape index (κ2) is 9.84. The van der Waals surface area contributed by atoms with Gasteiger partial charge in [-0.25, -0.2) is 9.18 Å². The lowest BCUT2D eigenvalue weighted by atomic mass is 9.56. The maximum Gasteiger partial charge on any atom is 0.411 e. The Hall–Kier alpha value is -3.15. The summed E-state index contributed by atoms with van der Waals surface area (Å²) < 4.78 is 19.6. The van der Waals surface area contributed by atoms with Gasteiger partial charge in [-0.2, -0.15) is 5.26 Å². The van der Waals surface area contributed by atoms with Gasteiger partial charge in [0.15, 0.2) is 0 Å². The fourth-order valence-electron chi connectivity index (χ4n) is 6.00. The molecule has 1 saturated heterocycles. The van der Waals surface area contributed by atoms with E-state index in [1.54, 1.807) is 19.0 Å². The summed E-state index contributed by atoms with van der Waals surface area (Å²) in [6.07, 6.45) is 1.82. The van der Waals surface area contributed by atoms with Crippen LogP contribution in [0.25, 0.3) is 0 Å². The van der Waals surface area contributed by atoms with Gasteiger partial charge in [0.05, 0.1) is 12.6 Å². The minimum atomic E-state index is -1.25. The topological polar surface area (TPSA) is 94.0 Å². The Morgan fingerprint density at radius 2 is 1.74 bits per heavy atom. The first-order valence-corrected chi connectivity index (χ1v) is 12.2. The summed E-state index contributed by atoms with van der Waals surface area (Å²) >= 11 is 0. The number of carbonyl (C=O) groups is 3. The molecule has 0 radical (unpaired) electrons. The van der Waals surface area contributed by atoms with Crippen LogP contribution < -0.4 is 0 Å². The highest BCUT2D eigenvalue weighted by Gasteiger charge is 2.56. The third-order valence-corrected chi connectivity index (χ3v) is 8.08. The molecule has 1 heterocycles. The number of likely N-dealkylation sites (tertiary alicyclic amines) is 1. The molecule has 4 fully saturated rings. The first-order valence-electron chi connectivity index (χ1n) is 12.2. The fourth-order valence-corrected chi connectivity index (χ4v) is 6.00. The van der Waals surface area contributed by atoms with Crippen molar-refractivity contribution in [1.29, 1.82) is 5.26 Å². The van der Waals surface area contributed by atoms with E-state index in [1.807, 2.05) is 36.4 Å². The number of carbonyl (C=O) groups excluding carboxylic acids is 3. The first-order chi connectivity index (χ1) is 16.7. The SMILES string of the molecule is CN(C)C(=O)C12CCC(N(CC(=O)N3C[C@@H](F)C[C@H]3C#N)C(=O)OCc3ccccc3)(CC1)CC2. The third kappa shape index (κ3) is 4.84. The number of amides is 3. The zero-order valence-corrected chi connectivity index (χ0v) is 20.4. The molecule has 1 aromatic carbocycles. The van der Waals surface area contributed by atoms with Crippen molar-refractivity contribution in [1.82, 2.24) is 14.7 Å². The van der Waals surface area contributed by atoms with E-state index in [9.17, 15) is 24.0 Å².